The molecule has 1 heterocycles. The van der Waals surface area contributed by atoms with Gasteiger partial charge in [-0.15, -0.1) is 5.10 Å². The zero-order valence-electron chi connectivity index (χ0n) is 12.1. The Morgan fingerprint density at radius 3 is 2.95 bits per heavy atom. The molecule has 112 valence electrons. The maximum absolute atomic E-state index is 11.5. The van der Waals surface area contributed by atoms with Gasteiger partial charge in [-0.25, -0.2) is 14.5 Å². The summed E-state index contributed by atoms with van der Waals surface area (Å²) in [6.07, 6.45) is 1.51. The highest BCUT2D eigenvalue weighted by molar-refractivity contribution is 9.10. The number of hydrogen-bond acceptors (Lipinski definition) is 5. The molecule has 0 radical (unpaired) electrons. The summed E-state index contributed by atoms with van der Waals surface area (Å²) in [4.78, 5) is 15.4. The fraction of sp³-hybridized carbons (Fsp3) is 0.357. The number of benzene rings is 1. The van der Waals surface area contributed by atoms with Gasteiger partial charge in [0.25, 0.3) is 5.82 Å². The predicted molar refractivity (Wildman–Crippen MR) is 82.5 cm³/mol. The molecule has 2 rings (SSSR count). The topological polar surface area (TPSA) is 69.0 Å². The van der Waals surface area contributed by atoms with E-state index in [1.807, 2.05) is 18.2 Å². The second-order valence-electron chi connectivity index (χ2n) is 4.49. The summed E-state index contributed by atoms with van der Waals surface area (Å²) in [5, 5.41) is 7.54. The Hall–Kier alpha value is -1.73. The first-order chi connectivity index (χ1) is 10.1. The standard InChI is InChI=1S/C14H17BrN4O2/c1-4-16-9(2)11-6-5-10(15)7-12(11)19-8-17-13(18-19)14(20)21-3/h5-9,16H,4H2,1-3H3. The van der Waals surface area contributed by atoms with E-state index in [9.17, 15) is 4.79 Å². The number of nitrogens with zero attached hydrogens (tertiary/aromatic N) is 3. The van der Waals surface area contributed by atoms with Crippen LogP contribution in [0.2, 0.25) is 0 Å². The van der Waals surface area contributed by atoms with Crippen molar-refractivity contribution in [2.24, 2.45) is 0 Å². The first-order valence-electron chi connectivity index (χ1n) is 6.60. The number of halogens is 1. The number of nitrogens with one attached hydrogen (secondary N) is 1. The molecule has 21 heavy (non-hydrogen) atoms. The van der Waals surface area contributed by atoms with Crippen LogP contribution in [0.1, 0.15) is 36.1 Å². The van der Waals surface area contributed by atoms with Gasteiger partial charge in [0.05, 0.1) is 12.8 Å². The third kappa shape index (κ3) is 3.48. The van der Waals surface area contributed by atoms with E-state index in [0.29, 0.717) is 0 Å². The molecular formula is C14H17BrN4O2. The van der Waals surface area contributed by atoms with Crippen LogP contribution >= 0.6 is 15.9 Å². The predicted octanol–water partition coefficient (Wildman–Crippen LogP) is 2.49. The Balaban J connectivity index is 2.44. The normalized spacial score (nSPS) is 12.2. The molecule has 2 aromatic rings. The fourth-order valence-electron chi connectivity index (χ4n) is 2.06. The van der Waals surface area contributed by atoms with Crippen molar-refractivity contribution in [2.45, 2.75) is 19.9 Å². The summed E-state index contributed by atoms with van der Waals surface area (Å²) < 4.78 is 7.14. The van der Waals surface area contributed by atoms with Crippen LogP contribution < -0.4 is 5.32 Å². The molecule has 1 N–H and O–H groups in total. The van der Waals surface area contributed by atoms with E-state index in [4.69, 9.17) is 0 Å². The lowest BCUT2D eigenvalue weighted by Gasteiger charge is -2.17. The van der Waals surface area contributed by atoms with E-state index in [-0.39, 0.29) is 11.9 Å². The number of rotatable bonds is 5. The number of esters is 1. The molecule has 0 saturated heterocycles. The van der Waals surface area contributed by atoms with Gasteiger partial charge in [0, 0.05) is 10.5 Å². The maximum Gasteiger partial charge on any atom is 0.377 e. The molecule has 0 bridgehead atoms. The van der Waals surface area contributed by atoms with Crippen molar-refractivity contribution >= 4 is 21.9 Å². The van der Waals surface area contributed by atoms with E-state index < -0.39 is 5.97 Å². The fourth-order valence-corrected chi connectivity index (χ4v) is 2.41. The first-order valence-corrected chi connectivity index (χ1v) is 7.39. The largest absolute Gasteiger partial charge is 0.463 e. The number of methoxy groups -OCH3 is 1. The molecule has 0 aliphatic rings. The Labute approximate surface area is 131 Å². The third-order valence-corrected chi connectivity index (χ3v) is 3.57. The van der Waals surface area contributed by atoms with Crippen LogP contribution in [0.4, 0.5) is 0 Å². The van der Waals surface area contributed by atoms with Gasteiger partial charge in [-0.05, 0) is 31.2 Å². The lowest BCUT2D eigenvalue weighted by Crippen LogP contribution is -2.19. The van der Waals surface area contributed by atoms with Crippen molar-refractivity contribution in [3.63, 3.8) is 0 Å². The van der Waals surface area contributed by atoms with Crippen LogP contribution in [0.25, 0.3) is 5.69 Å². The monoisotopic (exact) mass is 352 g/mol. The van der Waals surface area contributed by atoms with Crippen molar-refractivity contribution in [3.8, 4) is 5.69 Å². The van der Waals surface area contributed by atoms with Crippen LogP contribution in [-0.2, 0) is 4.74 Å². The highest BCUT2D eigenvalue weighted by Crippen LogP contribution is 2.25. The molecule has 7 heteroatoms. The third-order valence-electron chi connectivity index (χ3n) is 3.08. The van der Waals surface area contributed by atoms with Gasteiger partial charge < -0.3 is 10.1 Å². The number of aromatic nitrogens is 3. The summed E-state index contributed by atoms with van der Waals surface area (Å²) in [6, 6.07) is 6.10. The van der Waals surface area contributed by atoms with Crippen molar-refractivity contribution in [3.05, 3.63) is 40.4 Å². The lowest BCUT2D eigenvalue weighted by molar-refractivity contribution is 0.0587. The van der Waals surface area contributed by atoms with Crippen molar-refractivity contribution in [1.29, 1.82) is 0 Å². The SMILES string of the molecule is CCNC(C)c1ccc(Br)cc1-n1cnc(C(=O)OC)n1. The van der Waals surface area contributed by atoms with Crippen LogP contribution in [0.3, 0.4) is 0 Å². The Morgan fingerprint density at radius 2 is 2.29 bits per heavy atom. The maximum atomic E-state index is 11.5. The van der Waals surface area contributed by atoms with Gasteiger partial charge in [-0.3, -0.25) is 0 Å². The minimum atomic E-state index is -0.551. The van der Waals surface area contributed by atoms with Crippen LogP contribution in [0.5, 0.6) is 0 Å². The molecule has 0 aliphatic heterocycles. The zero-order valence-corrected chi connectivity index (χ0v) is 13.7. The Morgan fingerprint density at radius 1 is 1.52 bits per heavy atom. The molecule has 0 fully saturated rings. The summed E-state index contributed by atoms with van der Waals surface area (Å²) in [6.45, 7) is 5.00. The molecule has 1 aromatic carbocycles. The molecule has 0 saturated carbocycles. The number of carbonyl (C=O) groups excluding carboxylic acids is 1. The van der Waals surface area contributed by atoms with Gasteiger partial charge in [-0.1, -0.05) is 28.9 Å². The van der Waals surface area contributed by atoms with Crippen molar-refractivity contribution < 1.29 is 9.53 Å². The average Bonchev–Trinajstić information content (AvgIpc) is 2.96. The lowest BCUT2D eigenvalue weighted by atomic mass is 10.1. The van der Waals surface area contributed by atoms with E-state index in [2.05, 4.69) is 49.9 Å². The summed E-state index contributed by atoms with van der Waals surface area (Å²) in [5.41, 5.74) is 1.93. The van der Waals surface area contributed by atoms with E-state index in [1.165, 1.54) is 13.4 Å². The molecule has 1 unspecified atom stereocenters. The second-order valence-corrected chi connectivity index (χ2v) is 5.40. The second kappa shape index (κ2) is 6.82. The molecule has 0 aliphatic carbocycles. The first kappa shape index (κ1) is 15.7. The molecule has 1 atom stereocenters. The van der Waals surface area contributed by atoms with Crippen LogP contribution in [0, 0.1) is 0 Å². The Kier molecular flexibility index (Phi) is 5.08. The highest BCUT2D eigenvalue weighted by atomic mass is 79.9. The summed E-state index contributed by atoms with van der Waals surface area (Å²) in [5.74, 6) is -0.510. The van der Waals surface area contributed by atoms with E-state index in [0.717, 1.165) is 22.3 Å². The quantitative estimate of drug-likeness (QED) is 0.837. The van der Waals surface area contributed by atoms with Gasteiger partial charge in [0.1, 0.15) is 6.33 Å². The molecular weight excluding hydrogens is 336 g/mol. The van der Waals surface area contributed by atoms with Gasteiger partial charge in [0.2, 0.25) is 0 Å². The minimum Gasteiger partial charge on any atom is -0.463 e. The Bertz CT molecular complexity index is 642. The molecule has 1 aromatic heterocycles. The van der Waals surface area contributed by atoms with Gasteiger partial charge >= 0.3 is 5.97 Å². The molecule has 0 amide bonds. The minimum absolute atomic E-state index is 0.0412. The number of hydrogen-bond donors (Lipinski definition) is 1. The van der Waals surface area contributed by atoms with Crippen LogP contribution in [-0.4, -0.2) is 34.4 Å². The summed E-state index contributed by atoms with van der Waals surface area (Å²) in [7, 11) is 1.31. The van der Waals surface area contributed by atoms with E-state index in [1.54, 1.807) is 4.68 Å². The zero-order chi connectivity index (χ0) is 15.4. The molecule has 0 spiro atoms. The van der Waals surface area contributed by atoms with Crippen LogP contribution in [0.15, 0.2) is 29.0 Å². The van der Waals surface area contributed by atoms with Crippen molar-refractivity contribution in [2.75, 3.05) is 13.7 Å². The average molecular weight is 353 g/mol. The molecule has 6 nitrogen and oxygen atoms in total. The smallest absolute Gasteiger partial charge is 0.377 e. The van der Waals surface area contributed by atoms with Gasteiger partial charge in [0.15, 0.2) is 0 Å². The number of carbonyl (C=O) groups is 1. The number of ether oxygens (including phenoxy) is 1. The van der Waals surface area contributed by atoms with E-state index >= 15 is 0 Å². The summed E-state index contributed by atoms with van der Waals surface area (Å²) >= 11 is 3.46. The van der Waals surface area contributed by atoms with Crippen molar-refractivity contribution in [1.82, 2.24) is 20.1 Å². The highest BCUT2D eigenvalue weighted by Gasteiger charge is 2.16. The van der Waals surface area contributed by atoms with Gasteiger partial charge in [-0.2, -0.15) is 0 Å².